The normalized spacial score (nSPS) is 20.7. The molecule has 0 amide bonds. The lowest BCUT2D eigenvalue weighted by Crippen LogP contribution is -2.50. The summed E-state index contributed by atoms with van der Waals surface area (Å²) in [6, 6.07) is 9.12. The van der Waals surface area contributed by atoms with E-state index in [2.05, 4.69) is 22.0 Å². The predicted molar refractivity (Wildman–Crippen MR) is 99.9 cm³/mol. The smallest absolute Gasteiger partial charge is 0.185 e. The highest BCUT2D eigenvalue weighted by atomic mass is 35.5. The lowest BCUT2D eigenvalue weighted by Gasteiger charge is -2.38. The van der Waals surface area contributed by atoms with Crippen LogP contribution in [-0.2, 0) is 4.74 Å². The summed E-state index contributed by atoms with van der Waals surface area (Å²) >= 11 is 12.2. The number of aromatic nitrogens is 4. The summed E-state index contributed by atoms with van der Waals surface area (Å²) in [5.41, 5.74) is 1.36. The number of benzene rings is 1. The Kier molecular flexibility index (Phi) is 4.71. The van der Waals surface area contributed by atoms with Gasteiger partial charge in [-0.25, -0.2) is 0 Å². The summed E-state index contributed by atoms with van der Waals surface area (Å²) in [5, 5.41) is 23.6. The number of aliphatic hydroxyl groups is 1. The second-order valence-corrected chi connectivity index (χ2v) is 7.16. The third-order valence-electron chi connectivity index (χ3n) is 4.37. The molecule has 1 saturated heterocycles. The first-order valence-electron chi connectivity index (χ1n) is 8.23. The summed E-state index contributed by atoms with van der Waals surface area (Å²) in [7, 11) is 0. The van der Waals surface area contributed by atoms with E-state index in [-0.39, 0.29) is 18.8 Å². The molecule has 2 atom stereocenters. The molecule has 2 aromatic heterocycles. The van der Waals surface area contributed by atoms with Crippen molar-refractivity contribution in [2.24, 2.45) is 0 Å². The number of halogens is 2. The van der Waals surface area contributed by atoms with Crippen molar-refractivity contribution in [1.82, 2.24) is 19.8 Å². The quantitative estimate of drug-likeness (QED) is 0.736. The maximum atomic E-state index is 9.40. The first-order chi connectivity index (χ1) is 12.5. The van der Waals surface area contributed by atoms with Gasteiger partial charge in [0.15, 0.2) is 11.5 Å². The lowest BCUT2D eigenvalue weighted by atomic mass is 10.2. The molecular weight excluding hydrogens is 377 g/mol. The van der Waals surface area contributed by atoms with E-state index >= 15 is 0 Å². The molecule has 0 saturated carbocycles. The van der Waals surface area contributed by atoms with Crippen LogP contribution in [0.3, 0.4) is 0 Å². The number of hydrogen-bond acceptors (Lipinski definition) is 6. The van der Waals surface area contributed by atoms with Gasteiger partial charge in [0.2, 0.25) is 0 Å². The second-order valence-electron chi connectivity index (χ2n) is 6.28. The largest absolute Gasteiger partial charge is 0.394 e. The molecular formula is C17H17Cl2N5O2. The van der Waals surface area contributed by atoms with Crippen LogP contribution < -0.4 is 4.90 Å². The zero-order valence-corrected chi connectivity index (χ0v) is 15.5. The zero-order chi connectivity index (χ0) is 18.3. The first-order valence-corrected chi connectivity index (χ1v) is 8.99. The fourth-order valence-corrected chi connectivity index (χ4v) is 3.57. The molecule has 136 valence electrons. The maximum absolute atomic E-state index is 9.40. The topological polar surface area (TPSA) is 75.8 Å². The van der Waals surface area contributed by atoms with Gasteiger partial charge in [0.1, 0.15) is 5.82 Å². The Labute approximate surface area is 160 Å². The number of rotatable bonds is 3. The van der Waals surface area contributed by atoms with Crippen LogP contribution in [0.15, 0.2) is 30.3 Å². The SMILES string of the molecule is CC1COC(CO)CN1c1ccc2nnc(-c3cc(Cl)cc(Cl)c3)n2n1. The van der Waals surface area contributed by atoms with Gasteiger partial charge in [-0.1, -0.05) is 23.2 Å². The van der Waals surface area contributed by atoms with Crippen LogP contribution in [0.4, 0.5) is 5.82 Å². The van der Waals surface area contributed by atoms with E-state index in [0.29, 0.717) is 34.7 Å². The molecule has 0 spiro atoms. The van der Waals surface area contributed by atoms with Crippen molar-refractivity contribution in [3.05, 3.63) is 40.4 Å². The highest BCUT2D eigenvalue weighted by Gasteiger charge is 2.27. The van der Waals surface area contributed by atoms with Crippen molar-refractivity contribution in [3.63, 3.8) is 0 Å². The van der Waals surface area contributed by atoms with Gasteiger partial charge in [0, 0.05) is 22.2 Å². The summed E-state index contributed by atoms with van der Waals surface area (Å²) in [5.74, 6) is 1.33. The van der Waals surface area contributed by atoms with Crippen molar-refractivity contribution in [2.75, 3.05) is 24.7 Å². The van der Waals surface area contributed by atoms with Crippen LogP contribution in [-0.4, -0.2) is 56.8 Å². The molecule has 1 aromatic carbocycles. The summed E-state index contributed by atoms with van der Waals surface area (Å²) in [4.78, 5) is 2.11. The van der Waals surface area contributed by atoms with Gasteiger partial charge < -0.3 is 14.7 Å². The summed E-state index contributed by atoms with van der Waals surface area (Å²) < 4.78 is 7.28. The van der Waals surface area contributed by atoms with E-state index in [1.54, 1.807) is 22.7 Å². The number of fused-ring (bicyclic) bond motifs is 1. The lowest BCUT2D eigenvalue weighted by molar-refractivity contribution is -0.0106. The van der Waals surface area contributed by atoms with Gasteiger partial charge in [-0.15, -0.1) is 15.3 Å². The van der Waals surface area contributed by atoms with E-state index in [4.69, 9.17) is 33.0 Å². The zero-order valence-electron chi connectivity index (χ0n) is 14.0. The number of anilines is 1. The summed E-state index contributed by atoms with van der Waals surface area (Å²) in [6.07, 6.45) is -0.226. The molecule has 3 aromatic rings. The Balaban J connectivity index is 1.77. The standard InChI is InChI=1S/C17H17Cl2N5O2/c1-10-9-26-14(8-25)7-23(10)16-3-2-15-20-21-17(24(15)22-16)11-4-12(18)6-13(19)5-11/h2-6,10,14,25H,7-9H2,1H3. The Bertz CT molecular complexity index is 928. The van der Waals surface area contributed by atoms with Crippen LogP contribution in [0.1, 0.15) is 6.92 Å². The van der Waals surface area contributed by atoms with Crippen molar-refractivity contribution < 1.29 is 9.84 Å². The molecule has 26 heavy (non-hydrogen) atoms. The van der Waals surface area contributed by atoms with E-state index in [1.165, 1.54) is 0 Å². The first kappa shape index (κ1) is 17.5. The van der Waals surface area contributed by atoms with Crippen molar-refractivity contribution in [2.45, 2.75) is 19.1 Å². The van der Waals surface area contributed by atoms with Gasteiger partial charge in [0.25, 0.3) is 0 Å². The molecule has 1 aliphatic rings. The number of nitrogens with zero attached hydrogens (tertiary/aromatic N) is 5. The molecule has 7 nitrogen and oxygen atoms in total. The maximum Gasteiger partial charge on any atom is 0.185 e. The van der Waals surface area contributed by atoms with Gasteiger partial charge in [-0.05, 0) is 37.3 Å². The minimum absolute atomic E-state index is 0.0235. The van der Waals surface area contributed by atoms with Gasteiger partial charge in [0.05, 0.1) is 25.4 Å². The molecule has 0 radical (unpaired) electrons. The van der Waals surface area contributed by atoms with E-state index in [1.807, 2.05) is 12.1 Å². The van der Waals surface area contributed by atoms with Crippen LogP contribution in [0, 0.1) is 0 Å². The summed E-state index contributed by atoms with van der Waals surface area (Å²) in [6.45, 7) is 3.13. The van der Waals surface area contributed by atoms with Crippen molar-refractivity contribution in [3.8, 4) is 11.4 Å². The Morgan fingerprint density at radius 3 is 2.69 bits per heavy atom. The average Bonchev–Trinajstić information content (AvgIpc) is 3.04. The number of ether oxygens (including phenoxy) is 1. The number of hydrogen-bond donors (Lipinski definition) is 1. The molecule has 1 aliphatic heterocycles. The fourth-order valence-electron chi connectivity index (χ4n) is 3.04. The average molecular weight is 394 g/mol. The van der Waals surface area contributed by atoms with Crippen molar-refractivity contribution >= 4 is 34.7 Å². The van der Waals surface area contributed by atoms with Gasteiger partial charge in [-0.2, -0.15) is 4.52 Å². The molecule has 9 heteroatoms. The van der Waals surface area contributed by atoms with Crippen LogP contribution in [0.25, 0.3) is 17.0 Å². The molecule has 1 N–H and O–H groups in total. The van der Waals surface area contributed by atoms with Crippen molar-refractivity contribution in [1.29, 1.82) is 0 Å². The fraction of sp³-hybridized carbons (Fsp3) is 0.353. The number of morpholine rings is 1. The monoisotopic (exact) mass is 393 g/mol. The Morgan fingerprint density at radius 1 is 1.19 bits per heavy atom. The molecule has 0 bridgehead atoms. The third kappa shape index (κ3) is 3.23. The molecule has 3 heterocycles. The van der Waals surface area contributed by atoms with Crippen LogP contribution in [0.5, 0.6) is 0 Å². The van der Waals surface area contributed by atoms with E-state index in [0.717, 1.165) is 11.4 Å². The minimum Gasteiger partial charge on any atom is -0.394 e. The highest BCUT2D eigenvalue weighted by Crippen LogP contribution is 2.27. The third-order valence-corrected chi connectivity index (χ3v) is 4.81. The van der Waals surface area contributed by atoms with Crippen LogP contribution >= 0.6 is 23.2 Å². The second kappa shape index (κ2) is 7.00. The number of aliphatic hydroxyl groups excluding tert-OH is 1. The van der Waals surface area contributed by atoms with E-state index in [9.17, 15) is 5.11 Å². The Morgan fingerprint density at radius 2 is 1.96 bits per heavy atom. The highest BCUT2D eigenvalue weighted by molar-refractivity contribution is 6.35. The molecule has 4 rings (SSSR count). The predicted octanol–water partition coefficient (Wildman–Crippen LogP) is 2.68. The Hall–Kier alpha value is -1.93. The van der Waals surface area contributed by atoms with E-state index < -0.39 is 0 Å². The van der Waals surface area contributed by atoms with Gasteiger partial charge >= 0.3 is 0 Å². The minimum atomic E-state index is -0.226. The molecule has 2 unspecified atom stereocenters. The molecule has 0 aliphatic carbocycles. The molecule has 1 fully saturated rings. The van der Waals surface area contributed by atoms with Crippen LogP contribution in [0.2, 0.25) is 10.0 Å². The van der Waals surface area contributed by atoms with Gasteiger partial charge in [-0.3, -0.25) is 0 Å².